The van der Waals surface area contributed by atoms with Crippen LogP contribution in [-0.4, -0.2) is 35.2 Å². The van der Waals surface area contributed by atoms with Gasteiger partial charge in [-0.15, -0.1) is 11.8 Å². The van der Waals surface area contributed by atoms with Crippen molar-refractivity contribution in [2.24, 2.45) is 0 Å². The van der Waals surface area contributed by atoms with E-state index < -0.39 is 6.10 Å². The molecular formula is C13H18ClNO3S. The Balaban J connectivity index is 2.51. The molecule has 1 aromatic rings. The maximum absolute atomic E-state index is 11.7. The molecule has 6 heteroatoms. The first-order valence-corrected chi connectivity index (χ1v) is 7.29. The molecular weight excluding hydrogens is 286 g/mol. The summed E-state index contributed by atoms with van der Waals surface area (Å²) < 4.78 is 5.03. The van der Waals surface area contributed by atoms with Gasteiger partial charge < -0.3 is 15.2 Å². The second-order valence-electron chi connectivity index (χ2n) is 4.15. The van der Waals surface area contributed by atoms with E-state index in [0.717, 1.165) is 0 Å². The van der Waals surface area contributed by atoms with Gasteiger partial charge in [0.25, 0.3) is 0 Å². The lowest BCUT2D eigenvalue weighted by molar-refractivity contribution is -0.113. The van der Waals surface area contributed by atoms with Crippen LogP contribution in [0.3, 0.4) is 0 Å². The molecule has 2 unspecified atom stereocenters. The highest BCUT2D eigenvalue weighted by Gasteiger charge is 2.12. The van der Waals surface area contributed by atoms with Crippen molar-refractivity contribution in [3.05, 3.63) is 23.2 Å². The molecule has 0 spiro atoms. The normalized spacial score (nSPS) is 13.7. The maximum atomic E-state index is 11.7. The van der Waals surface area contributed by atoms with Crippen molar-refractivity contribution in [3.63, 3.8) is 0 Å². The Kier molecular flexibility index (Phi) is 6.48. The molecule has 0 aliphatic rings. The van der Waals surface area contributed by atoms with Gasteiger partial charge in [-0.2, -0.15) is 0 Å². The Morgan fingerprint density at radius 2 is 2.21 bits per heavy atom. The SMILES string of the molecule is COc1ccc(NC(=O)CSC(C)C(C)O)cc1Cl. The summed E-state index contributed by atoms with van der Waals surface area (Å²) in [5, 5.41) is 12.5. The minimum absolute atomic E-state index is 0.0187. The summed E-state index contributed by atoms with van der Waals surface area (Å²) in [5.74, 6) is 0.728. The average Bonchev–Trinajstić information content (AvgIpc) is 2.36. The number of aliphatic hydroxyl groups is 1. The Morgan fingerprint density at radius 1 is 1.53 bits per heavy atom. The lowest BCUT2D eigenvalue weighted by atomic mass is 10.3. The number of thioether (sulfide) groups is 1. The molecule has 0 saturated heterocycles. The molecule has 4 nitrogen and oxygen atoms in total. The first-order chi connectivity index (χ1) is 8.93. The molecule has 0 fully saturated rings. The third-order valence-corrected chi connectivity index (χ3v) is 4.24. The van der Waals surface area contributed by atoms with Crippen molar-refractivity contribution >= 4 is 35.0 Å². The molecule has 2 N–H and O–H groups in total. The fourth-order valence-corrected chi connectivity index (χ4v) is 2.31. The molecule has 106 valence electrons. The third kappa shape index (κ3) is 5.30. The van der Waals surface area contributed by atoms with E-state index in [1.54, 1.807) is 25.1 Å². The molecule has 0 radical (unpaired) electrons. The van der Waals surface area contributed by atoms with Gasteiger partial charge in [0, 0.05) is 10.9 Å². The second kappa shape index (κ2) is 7.62. The standard InChI is InChI=1S/C13H18ClNO3S/c1-8(16)9(2)19-7-13(17)15-10-4-5-12(18-3)11(14)6-10/h4-6,8-9,16H,7H2,1-3H3,(H,15,17). The van der Waals surface area contributed by atoms with Crippen LogP contribution >= 0.6 is 23.4 Å². The van der Waals surface area contributed by atoms with Crippen molar-refractivity contribution < 1.29 is 14.6 Å². The fraction of sp³-hybridized carbons (Fsp3) is 0.462. The van der Waals surface area contributed by atoms with Gasteiger partial charge in [0.05, 0.1) is 24.0 Å². The Morgan fingerprint density at radius 3 is 2.74 bits per heavy atom. The summed E-state index contributed by atoms with van der Waals surface area (Å²) in [6.07, 6.45) is -0.437. The van der Waals surface area contributed by atoms with Gasteiger partial charge in [-0.3, -0.25) is 4.79 Å². The first-order valence-electron chi connectivity index (χ1n) is 5.87. The molecule has 0 bridgehead atoms. The molecule has 19 heavy (non-hydrogen) atoms. The smallest absolute Gasteiger partial charge is 0.234 e. The number of hydrogen-bond donors (Lipinski definition) is 2. The van der Waals surface area contributed by atoms with E-state index in [4.69, 9.17) is 16.3 Å². The zero-order valence-electron chi connectivity index (χ0n) is 11.1. The van der Waals surface area contributed by atoms with E-state index in [0.29, 0.717) is 16.5 Å². The van der Waals surface area contributed by atoms with Gasteiger partial charge in [-0.05, 0) is 25.1 Å². The highest BCUT2D eigenvalue weighted by Crippen LogP contribution is 2.27. The molecule has 0 heterocycles. The number of nitrogens with one attached hydrogen (secondary N) is 1. The summed E-state index contributed by atoms with van der Waals surface area (Å²) in [6, 6.07) is 5.07. The van der Waals surface area contributed by atoms with Crippen molar-refractivity contribution in [1.29, 1.82) is 0 Å². The number of carbonyl (C=O) groups excluding carboxylic acids is 1. The molecule has 0 aromatic heterocycles. The number of aliphatic hydroxyl groups excluding tert-OH is 1. The number of benzene rings is 1. The molecule has 0 saturated carbocycles. The summed E-state index contributed by atoms with van der Waals surface area (Å²) in [6.45, 7) is 3.59. The largest absolute Gasteiger partial charge is 0.495 e. The average molecular weight is 304 g/mol. The summed E-state index contributed by atoms with van der Waals surface area (Å²) >= 11 is 7.37. The quantitative estimate of drug-likeness (QED) is 0.848. The topological polar surface area (TPSA) is 58.6 Å². The summed E-state index contributed by atoms with van der Waals surface area (Å²) in [5.41, 5.74) is 0.626. The van der Waals surface area contributed by atoms with Gasteiger partial charge in [-0.1, -0.05) is 18.5 Å². The van der Waals surface area contributed by atoms with Crippen LogP contribution in [-0.2, 0) is 4.79 Å². The lowest BCUT2D eigenvalue weighted by Crippen LogP contribution is -2.20. The van der Waals surface area contributed by atoms with Crippen molar-refractivity contribution in [1.82, 2.24) is 0 Å². The minimum atomic E-state index is -0.437. The number of ether oxygens (including phenoxy) is 1. The Bertz CT molecular complexity index is 440. The van der Waals surface area contributed by atoms with Gasteiger partial charge in [0.2, 0.25) is 5.91 Å². The van der Waals surface area contributed by atoms with E-state index in [1.165, 1.54) is 18.9 Å². The molecule has 1 amide bonds. The number of amides is 1. The predicted molar refractivity (Wildman–Crippen MR) is 80.2 cm³/mol. The molecule has 1 rings (SSSR count). The number of halogens is 1. The van der Waals surface area contributed by atoms with E-state index in [2.05, 4.69) is 5.32 Å². The minimum Gasteiger partial charge on any atom is -0.495 e. The van der Waals surface area contributed by atoms with Gasteiger partial charge in [-0.25, -0.2) is 0 Å². The van der Waals surface area contributed by atoms with Crippen LogP contribution in [0.25, 0.3) is 0 Å². The monoisotopic (exact) mass is 303 g/mol. The van der Waals surface area contributed by atoms with Crippen molar-refractivity contribution in [2.75, 3.05) is 18.2 Å². The van der Waals surface area contributed by atoms with E-state index in [1.807, 2.05) is 6.92 Å². The molecule has 0 aliphatic carbocycles. The van der Waals surface area contributed by atoms with Crippen LogP contribution in [0.15, 0.2) is 18.2 Å². The summed E-state index contributed by atoms with van der Waals surface area (Å²) in [7, 11) is 1.54. The van der Waals surface area contributed by atoms with Crippen molar-refractivity contribution in [2.45, 2.75) is 25.2 Å². The van der Waals surface area contributed by atoms with Crippen molar-refractivity contribution in [3.8, 4) is 5.75 Å². The number of anilines is 1. The molecule has 1 aromatic carbocycles. The van der Waals surface area contributed by atoms with E-state index in [9.17, 15) is 9.90 Å². The summed E-state index contributed by atoms with van der Waals surface area (Å²) in [4.78, 5) is 11.7. The van der Waals surface area contributed by atoms with Gasteiger partial charge in [0.15, 0.2) is 0 Å². The molecule has 0 aliphatic heterocycles. The zero-order valence-corrected chi connectivity index (χ0v) is 12.7. The second-order valence-corrected chi connectivity index (χ2v) is 5.93. The number of hydrogen-bond acceptors (Lipinski definition) is 4. The van der Waals surface area contributed by atoms with Crippen LogP contribution in [0.5, 0.6) is 5.75 Å². The lowest BCUT2D eigenvalue weighted by Gasteiger charge is -2.14. The Labute approximate surface area is 122 Å². The van der Waals surface area contributed by atoms with Gasteiger partial charge >= 0.3 is 0 Å². The van der Waals surface area contributed by atoms with Crippen LogP contribution in [0, 0.1) is 0 Å². The number of carbonyl (C=O) groups is 1. The van der Waals surface area contributed by atoms with Gasteiger partial charge in [0.1, 0.15) is 5.75 Å². The van der Waals surface area contributed by atoms with Crippen LogP contribution in [0.4, 0.5) is 5.69 Å². The predicted octanol–water partition coefficient (Wildman–Crippen LogP) is 2.79. The van der Waals surface area contributed by atoms with Crippen LogP contribution < -0.4 is 10.1 Å². The number of rotatable bonds is 6. The third-order valence-electron chi connectivity index (χ3n) is 2.59. The maximum Gasteiger partial charge on any atom is 0.234 e. The fourth-order valence-electron chi connectivity index (χ4n) is 1.29. The van der Waals surface area contributed by atoms with E-state index in [-0.39, 0.29) is 16.9 Å². The highest BCUT2D eigenvalue weighted by atomic mass is 35.5. The highest BCUT2D eigenvalue weighted by molar-refractivity contribution is 8.00. The Hall–Kier alpha value is -0.910. The van der Waals surface area contributed by atoms with Crippen LogP contribution in [0.1, 0.15) is 13.8 Å². The van der Waals surface area contributed by atoms with E-state index >= 15 is 0 Å². The molecule has 2 atom stereocenters. The first kappa shape index (κ1) is 16.1. The number of methoxy groups -OCH3 is 1. The van der Waals surface area contributed by atoms with Crippen LogP contribution in [0.2, 0.25) is 5.02 Å². The zero-order chi connectivity index (χ0) is 14.4.